The number of Topliss-reactive ketones (excluding diaryl/α,β-unsaturated/α-hetero) is 1. The molecule has 27 heavy (non-hydrogen) atoms. The number of hydrogen-bond donors (Lipinski definition) is 2. The largest absolute Gasteiger partial charge is 0.494 e. The predicted molar refractivity (Wildman–Crippen MR) is 110 cm³/mol. The monoisotopic (exact) mass is 363 g/mol. The fourth-order valence-corrected chi connectivity index (χ4v) is 3.20. The molecule has 0 fully saturated rings. The summed E-state index contributed by atoms with van der Waals surface area (Å²) in [4.78, 5) is 21.6. The minimum atomic E-state index is -0.00462. The molecule has 0 aliphatic heterocycles. The highest BCUT2D eigenvalue weighted by molar-refractivity contribution is 6.14. The summed E-state index contributed by atoms with van der Waals surface area (Å²) in [5.74, 6) is 0.0746. The zero-order valence-corrected chi connectivity index (χ0v) is 16.2. The van der Waals surface area contributed by atoms with Gasteiger partial charge in [-0.3, -0.25) is 9.79 Å². The number of aromatic nitrogens is 1. The molecule has 140 valence electrons. The number of carbonyl (C=O) groups excluding carboxylic acids is 1. The summed E-state index contributed by atoms with van der Waals surface area (Å²) in [6, 6.07) is 13.5. The van der Waals surface area contributed by atoms with E-state index in [-0.39, 0.29) is 11.7 Å². The lowest BCUT2D eigenvalue weighted by Gasteiger charge is -2.10. The maximum Gasteiger partial charge on any atom is 0.198 e. The van der Waals surface area contributed by atoms with Crippen molar-refractivity contribution in [3.63, 3.8) is 0 Å². The SMILES string of the molecule is CCC(=Nc1ccc(CN(C)C)cc1)c1c(O)[nH]c2ccc(C(C)=O)cc12. The van der Waals surface area contributed by atoms with Gasteiger partial charge in [-0.15, -0.1) is 0 Å². The third kappa shape index (κ3) is 4.09. The van der Waals surface area contributed by atoms with Crippen LogP contribution in [0.25, 0.3) is 10.9 Å². The minimum absolute atomic E-state index is 0.00462. The number of fused-ring (bicyclic) bond motifs is 1. The second-order valence-electron chi connectivity index (χ2n) is 6.98. The Balaban J connectivity index is 2.04. The molecule has 3 rings (SSSR count). The summed E-state index contributed by atoms with van der Waals surface area (Å²) in [6.07, 6.45) is 0.657. The molecule has 2 N–H and O–H groups in total. The van der Waals surface area contributed by atoms with Crippen LogP contribution in [0.4, 0.5) is 5.69 Å². The van der Waals surface area contributed by atoms with Gasteiger partial charge in [0.1, 0.15) is 0 Å². The summed E-state index contributed by atoms with van der Waals surface area (Å²) in [5.41, 5.74) is 4.90. The molecule has 5 nitrogen and oxygen atoms in total. The molecule has 0 amide bonds. The lowest BCUT2D eigenvalue weighted by molar-refractivity contribution is 0.101. The Labute approximate surface area is 159 Å². The van der Waals surface area contributed by atoms with Gasteiger partial charge < -0.3 is 15.0 Å². The zero-order chi connectivity index (χ0) is 19.6. The molecule has 0 atom stereocenters. The molecule has 0 unspecified atom stereocenters. The number of aromatic amines is 1. The van der Waals surface area contributed by atoms with E-state index in [9.17, 15) is 9.90 Å². The van der Waals surface area contributed by atoms with E-state index in [1.807, 2.05) is 45.3 Å². The second-order valence-corrected chi connectivity index (χ2v) is 6.98. The van der Waals surface area contributed by atoms with E-state index in [0.29, 0.717) is 17.5 Å². The normalized spacial score (nSPS) is 12.1. The maximum atomic E-state index is 11.7. The predicted octanol–water partition coefficient (Wildman–Crippen LogP) is 4.67. The number of carbonyl (C=O) groups is 1. The van der Waals surface area contributed by atoms with Gasteiger partial charge in [0, 0.05) is 23.0 Å². The van der Waals surface area contributed by atoms with Gasteiger partial charge >= 0.3 is 0 Å². The average Bonchev–Trinajstić information content (AvgIpc) is 2.95. The lowest BCUT2D eigenvalue weighted by atomic mass is 10.0. The van der Waals surface area contributed by atoms with Crippen molar-refractivity contribution in [3.8, 4) is 5.88 Å². The standard InChI is InChI=1S/C22H25N3O2/c1-5-19(23-17-9-6-15(7-10-17)13-25(3)4)21-18-12-16(14(2)26)8-11-20(18)24-22(21)27/h6-12,24,27H,5,13H2,1-4H3. The van der Waals surface area contributed by atoms with E-state index in [1.54, 1.807) is 6.07 Å². The van der Waals surface area contributed by atoms with Crippen molar-refractivity contribution in [1.82, 2.24) is 9.88 Å². The first-order valence-electron chi connectivity index (χ1n) is 9.06. The number of rotatable bonds is 6. The molecule has 1 heterocycles. The maximum absolute atomic E-state index is 11.7. The number of aliphatic imine (C=N–C) groups is 1. The van der Waals surface area contributed by atoms with Crippen molar-refractivity contribution in [3.05, 3.63) is 59.2 Å². The fraction of sp³-hybridized carbons (Fsp3) is 0.273. The van der Waals surface area contributed by atoms with E-state index < -0.39 is 0 Å². The third-order valence-electron chi connectivity index (χ3n) is 4.51. The molecule has 0 spiro atoms. The zero-order valence-electron chi connectivity index (χ0n) is 16.2. The van der Waals surface area contributed by atoms with Crippen LogP contribution in [0.2, 0.25) is 0 Å². The van der Waals surface area contributed by atoms with Crippen molar-refractivity contribution in [2.45, 2.75) is 26.8 Å². The van der Waals surface area contributed by atoms with Crippen molar-refractivity contribution >= 4 is 28.1 Å². The summed E-state index contributed by atoms with van der Waals surface area (Å²) >= 11 is 0. The highest BCUT2D eigenvalue weighted by Gasteiger charge is 2.17. The van der Waals surface area contributed by atoms with Gasteiger partial charge in [-0.05, 0) is 63.3 Å². The van der Waals surface area contributed by atoms with E-state index in [0.717, 1.165) is 28.8 Å². The Morgan fingerprint density at radius 3 is 2.44 bits per heavy atom. The van der Waals surface area contributed by atoms with E-state index >= 15 is 0 Å². The molecule has 0 saturated carbocycles. The van der Waals surface area contributed by atoms with Crippen LogP contribution in [0, 0.1) is 0 Å². The molecule has 1 aromatic heterocycles. The Hall–Kier alpha value is -2.92. The molecule has 3 aromatic rings. The van der Waals surface area contributed by atoms with Crippen molar-refractivity contribution < 1.29 is 9.90 Å². The molecular formula is C22H25N3O2. The smallest absolute Gasteiger partial charge is 0.198 e. The number of benzene rings is 2. The molecule has 5 heteroatoms. The van der Waals surface area contributed by atoms with Gasteiger partial charge in [0.25, 0.3) is 0 Å². The van der Waals surface area contributed by atoms with Crippen LogP contribution in [0.5, 0.6) is 5.88 Å². The summed E-state index contributed by atoms with van der Waals surface area (Å²) in [5, 5.41) is 11.3. The average molecular weight is 363 g/mol. The van der Waals surface area contributed by atoms with E-state index in [2.05, 4.69) is 22.0 Å². The number of nitrogens with zero attached hydrogens (tertiary/aromatic N) is 2. The first-order chi connectivity index (χ1) is 12.9. The Morgan fingerprint density at radius 2 is 1.85 bits per heavy atom. The molecule has 0 bridgehead atoms. The number of hydrogen-bond acceptors (Lipinski definition) is 4. The van der Waals surface area contributed by atoms with E-state index in [4.69, 9.17) is 4.99 Å². The van der Waals surface area contributed by atoms with Crippen LogP contribution in [0.3, 0.4) is 0 Å². The second kappa shape index (κ2) is 7.76. The minimum Gasteiger partial charge on any atom is -0.494 e. The lowest BCUT2D eigenvalue weighted by Crippen LogP contribution is -2.10. The first kappa shape index (κ1) is 18.9. The van der Waals surface area contributed by atoms with Crippen molar-refractivity contribution in [2.75, 3.05) is 14.1 Å². The van der Waals surface area contributed by atoms with Crippen molar-refractivity contribution in [2.24, 2.45) is 4.99 Å². The molecule has 0 radical (unpaired) electrons. The summed E-state index contributed by atoms with van der Waals surface area (Å²) in [6.45, 7) is 4.42. The van der Waals surface area contributed by atoms with Gasteiger partial charge in [0.15, 0.2) is 11.7 Å². The molecule has 2 aromatic carbocycles. The van der Waals surface area contributed by atoms with Gasteiger partial charge in [-0.2, -0.15) is 0 Å². The van der Waals surface area contributed by atoms with Crippen LogP contribution in [-0.2, 0) is 6.54 Å². The fourth-order valence-electron chi connectivity index (χ4n) is 3.20. The van der Waals surface area contributed by atoms with Crippen LogP contribution in [0.15, 0.2) is 47.5 Å². The first-order valence-corrected chi connectivity index (χ1v) is 9.06. The highest BCUT2D eigenvalue weighted by Crippen LogP contribution is 2.31. The number of ketones is 1. The van der Waals surface area contributed by atoms with Gasteiger partial charge in [0.05, 0.1) is 17.0 Å². The summed E-state index contributed by atoms with van der Waals surface area (Å²) < 4.78 is 0. The van der Waals surface area contributed by atoms with E-state index in [1.165, 1.54) is 12.5 Å². The molecule has 0 aliphatic carbocycles. The summed E-state index contributed by atoms with van der Waals surface area (Å²) in [7, 11) is 4.08. The number of nitrogens with one attached hydrogen (secondary N) is 1. The highest BCUT2D eigenvalue weighted by atomic mass is 16.3. The van der Waals surface area contributed by atoms with Crippen LogP contribution < -0.4 is 0 Å². The Morgan fingerprint density at radius 1 is 1.15 bits per heavy atom. The van der Waals surface area contributed by atoms with Gasteiger partial charge in [-0.1, -0.05) is 19.1 Å². The quantitative estimate of drug-likeness (QED) is 0.494. The molecule has 0 saturated heterocycles. The van der Waals surface area contributed by atoms with Crippen molar-refractivity contribution in [1.29, 1.82) is 0 Å². The number of aromatic hydroxyl groups is 1. The van der Waals surface area contributed by atoms with Gasteiger partial charge in [0.2, 0.25) is 0 Å². The third-order valence-corrected chi connectivity index (χ3v) is 4.51. The van der Waals surface area contributed by atoms with Gasteiger partial charge in [-0.25, -0.2) is 0 Å². The Kier molecular flexibility index (Phi) is 5.42. The van der Waals surface area contributed by atoms with Crippen LogP contribution in [0.1, 0.15) is 41.8 Å². The Bertz CT molecular complexity index is 998. The van der Waals surface area contributed by atoms with Crippen LogP contribution in [-0.4, -0.2) is 40.6 Å². The van der Waals surface area contributed by atoms with Crippen LogP contribution >= 0.6 is 0 Å². The molecular weight excluding hydrogens is 338 g/mol. The molecule has 0 aliphatic rings. The topological polar surface area (TPSA) is 68.7 Å². The number of H-pyrrole nitrogens is 1.